The van der Waals surface area contributed by atoms with E-state index in [-0.39, 0.29) is 17.7 Å². The Morgan fingerprint density at radius 1 is 1.04 bits per heavy atom. The van der Waals surface area contributed by atoms with Crippen molar-refractivity contribution in [2.24, 2.45) is 5.92 Å². The van der Waals surface area contributed by atoms with Gasteiger partial charge in [-0.2, -0.15) is 0 Å². The molecule has 0 unspecified atom stereocenters. The zero-order valence-corrected chi connectivity index (χ0v) is 17.0. The van der Waals surface area contributed by atoms with Gasteiger partial charge in [0.25, 0.3) is 5.91 Å². The monoisotopic (exact) mass is 380 g/mol. The molecule has 0 saturated carbocycles. The second-order valence-corrected chi connectivity index (χ2v) is 7.53. The van der Waals surface area contributed by atoms with Crippen molar-refractivity contribution in [2.45, 2.75) is 33.6 Å². The van der Waals surface area contributed by atoms with Gasteiger partial charge in [0.05, 0.1) is 12.7 Å². The first kappa shape index (κ1) is 19.9. The molecular formula is C23H28N2O3. The van der Waals surface area contributed by atoms with Crippen LogP contribution in [0.15, 0.2) is 36.4 Å². The highest BCUT2D eigenvalue weighted by molar-refractivity contribution is 5.97. The lowest BCUT2D eigenvalue weighted by molar-refractivity contribution is -0.121. The van der Waals surface area contributed by atoms with Crippen LogP contribution in [0.3, 0.4) is 0 Å². The number of rotatable bonds is 4. The van der Waals surface area contributed by atoms with Crippen LogP contribution >= 0.6 is 0 Å². The molecule has 28 heavy (non-hydrogen) atoms. The van der Waals surface area contributed by atoms with Crippen LogP contribution in [-0.4, -0.2) is 36.9 Å². The number of hydrogen-bond acceptors (Lipinski definition) is 3. The molecule has 0 spiro atoms. The fraction of sp³-hybridized carbons (Fsp3) is 0.391. The molecule has 2 aromatic rings. The number of hydrogen-bond donors (Lipinski definition) is 1. The van der Waals surface area contributed by atoms with E-state index in [0.29, 0.717) is 37.2 Å². The molecule has 1 heterocycles. The number of anilines is 1. The largest absolute Gasteiger partial charge is 0.496 e. The minimum atomic E-state index is -0.0816. The van der Waals surface area contributed by atoms with Crippen molar-refractivity contribution in [3.8, 4) is 5.75 Å². The molecule has 1 aliphatic heterocycles. The van der Waals surface area contributed by atoms with E-state index in [1.165, 1.54) is 5.56 Å². The van der Waals surface area contributed by atoms with Gasteiger partial charge >= 0.3 is 0 Å². The van der Waals surface area contributed by atoms with Gasteiger partial charge in [-0.25, -0.2) is 0 Å². The zero-order chi connectivity index (χ0) is 20.3. The van der Waals surface area contributed by atoms with Crippen molar-refractivity contribution < 1.29 is 14.3 Å². The Kier molecular flexibility index (Phi) is 6.02. The molecular weight excluding hydrogens is 352 g/mol. The molecule has 0 radical (unpaired) electrons. The van der Waals surface area contributed by atoms with Crippen molar-refractivity contribution in [1.82, 2.24) is 4.90 Å². The Balaban J connectivity index is 1.62. The summed E-state index contributed by atoms with van der Waals surface area (Å²) in [5.41, 5.74) is 4.82. The van der Waals surface area contributed by atoms with E-state index in [9.17, 15) is 9.59 Å². The number of benzene rings is 2. The highest BCUT2D eigenvalue weighted by atomic mass is 16.5. The summed E-state index contributed by atoms with van der Waals surface area (Å²) in [4.78, 5) is 27.4. The molecule has 148 valence electrons. The number of para-hydroxylation sites is 1. The highest BCUT2D eigenvalue weighted by Crippen LogP contribution is 2.26. The first-order valence-electron chi connectivity index (χ1n) is 9.71. The number of piperidine rings is 1. The van der Waals surface area contributed by atoms with Crippen LogP contribution < -0.4 is 10.1 Å². The molecule has 1 saturated heterocycles. The van der Waals surface area contributed by atoms with Crippen LogP contribution in [0.2, 0.25) is 0 Å². The number of likely N-dealkylation sites (tertiary alicyclic amines) is 1. The van der Waals surface area contributed by atoms with Gasteiger partial charge in [0.1, 0.15) is 5.75 Å². The van der Waals surface area contributed by atoms with Gasteiger partial charge < -0.3 is 15.0 Å². The molecule has 2 amide bonds. The van der Waals surface area contributed by atoms with Crippen LogP contribution in [0.25, 0.3) is 0 Å². The first-order valence-corrected chi connectivity index (χ1v) is 9.71. The van der Waals surface area contributed by atoms with Crippen LogP contribution in [0, 0.1) is 26.7 Å². The molecule has 1 fully saturated rings. The molecule has 1 N–H and O–H groups in total. The van der Waals surface area contributed by atoms with Crippen molar-refractivity contribution in [3.05, 3.63) is 58.7 Å². The lowest BCUT2D eigenvalue weighted by Gasteiger charge is -2.32. The highest BCUT2D eigenvalue weighted by Gasteiger charge is 2.29. The molecule has 0 atom stereocenters. The van der Waals surface area contributed by atoms with E-state index in [1.54, 1.807) is 19.2 Å². The maximum atomic E-state index is 12.8. The van der Waals surface area contributed by atoms with Gasteiger partial charge in [-0.3, -0.25) is 9.59 Å². The van der Waals surface area contributed by atoms with E-state index >= 15 is 0 Å². The standard InChI is InChI=1S/C23H28N2O3/c1-15-13-16(2)21(17(3)14-15)24-22(26)18-9-11-25(12-10-18)23(27)19-7-5-6-8-20(19)28-4/h5-8,13-14,18H,9-12H2,1-4H3,(H,24,26). The fourth-order valence-corrected chi connectivity index (χ4v) is 3.94. The number of carbonyl (C=O) groups excluding carboxylic acids is 2. The van der Waals surface area contributed by atoms with Crippen LogP contribution in [0.4, 0.5) is 5.69 Å². The van der Waals surface area contributed by atoms with E-state index in [1.807, 2.05) is 30.9 Å². The molecule has 5 heteroatoms. The van der Waals surface area contributed by atoms with Gasteiger partial charge in [0, 0.05) is 24.7 Å². The SMILES string of the molecule is COc1ccccc1C(=O)N1CCC(C(=O)Nc2c(C)cc(C)cc2C)CC1. The van der Waals surface area contributed by atoms with Crippen molar-refractivity contribution in [3.63, 3.8) is 0 Å². The van der Waals surface area contributed by atoms with Crippen LogP contribution in [-0.2, 0) is 4.79 Å². The minimum Gasteiger partial charge on any atom is -0.496 e. The lowest BCUT2D eigenvalue weighted by Crippen LogP contribution is -2.41. The maximum Gasteiger partial charge on any atom is 0.257 e. The number of amides is 2. The number of aryl methyl sites for hydroxylation is 3. The maximum absolute atomic E-state index is 12.8. The Bertz CT molecular complexity index is 860. The number of carbonyl (C=O) groups is 2. The summed E-state index contributed by atoms with van der Waals surface area (Å²) < 4.78 is 5.30. The smallest absolute Gasteiger partial charge is 0.257 e. The van der Waals surface area contributed by atoms with E-state index < -0.39 is 0 Å². The number of ether oxygens (including phenoxy) is 1. The predicted molar refractivity (Wildman–Crippen MR) is 111 cm³/mol. The minimum absolute atomic E-state index is 0.0402. The summed E-state index contributed by atoms with van der Waals surface area (Å²) in [7, 11) is 1.57. The molecule has 0 aliphatic carbocycles. The molecule has 5 nitrogen and oxygen atoms in total. The van der Waals surface area contributed by atoms with Gasteiger partial charge in [-0.05, 0) is 56.9 Å². The summed E-state index contributed by atoms with van der Waals surface area (Å²) in [6, 6.07) is 11.4. The summed E-state index contributed by atoms with van der Waals surface area (Å²) in [5.74, 6) is 0.500. The van der Waals surface area contributed by atoms with E-state index in [0.717, 1.165) is 16.8 Å². The summed E-state index contributed by atoms with van der Waals surface area (Å²) in [6.45, 7) is 7.23. The zero-order valence-electron chi connectivity index (χ0n) is 17.0. The van der Waals surface area contributed by atoms with Crippen molar-refractivity contribution in [1.29, 1.82) is 0 Å². The fourth-order valence-electron chi connectivity index (χ4n) is 3.94. The summed E-state index contributed by atoms with van der Waals surface area (Å²) in [5, 5.41) is 3.11. The van der Waals surface area contributed by atoms with Gasteiger partial charge in [-0.15, -0.1) is 0 Å². The number of methoxy groups -OCH3 is 1. The Hall–Kier alpha value is -2.82. The summed E-state index contributed by atoms with van der Waals surface area (Å²) in [6.07, 6.45) is 1.33. The Labute approximate surface area is 166 Å². The average Bonchev–Trinajstić information content (AvgIpc) is 2.70. The van der Waals surface area contributed by atoms with Crippen molar-refractivity contribution in [2.75, 3.05) is 25.5 Å². The second kappa shape index (κ2) is 8.46. The molecule has 0 bridgehead atoms. The quantitative estimate of drug-likeness (QED) is 0.868. The van der Waals surface area contributed by atoms with Crippen LogP contribution in [0.1, 0.15) is 39.9 Å². The number of nitrogens with zero attached hydrogens (tertiary/aromatic N) is 1. The molecule has 3 rings (SSSR count). The Morgan fingerprint density at radius 3 is 2.25 bits per heavy atom. The topological polar surface area (TPSA) is 58.6 Å². The first-order chi connectivity index (χ1) is 13.4. The third-order valence-electron chi connectivity index (χ3n) is 5.42. The molecule has 0 aromatic heterocycles. The van der Waals surface area contributed by atoms with Gasteiger partial charge in [0.15, 0.2) is 0 Å². The molecule has 2 aromatic carbocycles. The predicted octanol–water partition coefficient (Wildman–Crippen LogP) is 4.11. The second-order valence-electron chi connectivity index (χ2n) is 7.53. The normalized spacial score (nSPS) is 14.6. The van der Waals surface area contributed by atoms with E-state index in [4.69, 9.17) is 4.74 Å². The third-order valence-corrected chi connectivity index (χ3v) is 5.42. The van der Waals surface area contributed by atoms with Gasteiger partial charge in [-0.1, -0.05) is 29.8 Å². The Morgan fingerprint density at radius 2 is 1.64 bits per heavy atom. The number of nitrogens with one attached hydrogen (secondary N) is 1. The van der Waals surface area contributed by atoms with Crippen molar-refractivity contribution >= 4 is 17.5 Å². The average molecular weight is 380 g/mol. The van der Waals surface area contributed by atoms with Gasteiger partial charge in [0.2, 0.25) is 5.91 Å². The molecule has 1 aliphatic rings. The lowest BCUT2D eigenvalue weighted by atomic mass is 9.94. The third kappa shape index (κ3) is 4.19. The van der Waals surface area contributed by atoms with Crippen LogP contribution in [0.5, 0.6) is 5.75 Å². The van der Waals surface area contributed by atoms with E-state index in [2.05, 4.69) is 24.4 Å². The summed E-state index contributed by atoms with van der Waals surface area (Å²) >= 11 is 0.